The highest BCUT2D eigenvalue weighted by molar-refractivity contribution is 7.99. The van der Waals surface area contributed by atoms with Crippen molar-refractivity contribution < 1.29 is 4.74 Å². The summed E-state index contributed by atoms with van der Waals surface area (Å²) >= 11 is 3.22. The zero-order valence-electron chi connectivity index (χ0n) is 12.2. The van der Waals surface area contributed by atoms with Crippen molar-refractivity contribution in [3.05, 3.63) is 53.7 Å². The SMILES string of the molecule is COc1cccc(Sc2cccnc2Nc2nc(C)cs2)c1. The highest BCUT2D eigenvalue weighted by Gasteiger charge is 2.08. The van der Waals surface area contributed by atoms with E-state index in [1.165, 1.54) is 0 Å². The van der Waals surface area contributed by atoms with Crippen molar-refractivity contribution in [3.63, 3.8) is 0 Å². The zero-order chi connectivity index (χ0) is 15.4. The monoisotopic (exact) mass is 329 g/mol. The van der Waals surface area contributed by atoms with Crippen LogP contribution in [0.4, 0.5) is 10.9 Å². The molecule has 2 heterocycles. The number of aryl methyl sites for hydroxylation is 1. The number of ether oxygens (including phenoxy) is 1. The Kier molecular flexibility index (Phi) is 4.60. The van der Waals surface area contributed by atoms with E-state index >= 15 is 0 Å². The number of nitrogens with one attached hydrogen (secondary N) is 1. The number of hydrogen-bond acceptors (Lipinski definition) is 6. The third-order valence-electron chi connectivity index (χ3n) is 2.88. The minimum atomic E-state index is 0.810. The van der Waals surface area contributed by atoms with Gasteiger partial charge >= 0.3 is 0 Å². The number of rotatable bonds is 5. The molecular formula is C16H15N3OS2. The number of pyridine rings is 1. The lowest BCUT2D eigenvalue weighted by molar-refractivity contribution is 0.413. The Hall–Kier alpha value is -2.05. The van der Waals surface area contributed by atoms with Crippen LogP contribution in [0.15, 0.2) is 57.8 Å². The van der Waals surface area contributed by atoms with Crippen LogP contribution in [0.5, 0.6) is 5.75 Å². The maximum absolute atomic E-state index is 5.27. The first-order valence-electron chi connectivity index (χ1n) is 6.70. The van der Waals surface area contributed by atoms with Crippen molar-refractivity contribution in [2.75, 3.05) is 12.4 Å². The van der Waals surface area contributed by atoms with Gasteiger partial charge in [0.1, 0.15) is 11.6 Å². The van der Waals surface area contributed by atoms with E-state index < -0.39 is 0 Å². The van der Waals surface area contributed by atoms with E-state index in [0.29, 0.717) is 0 Å². The van der Waals surface area contributed by atoms with Gasteiger partial charge in [-0.05, 0) is 37.3 Å². The third kappa shape index (κ3) is 3.58. The van der Waals surface area contributed by atoms with Gasteiger partial charge in [-0.2, -0.15) is 0 Å². The number of methoxy groups -OCH3 is 1. The van der Waals surface area contributed by atoms with Gasteiger partial charge in [0.05, 0.1) is 17.7 Å². The average molecular weight is 329 g/mol. The molecule has 0 bridgehead atoms. The standard InChI is InChI=1S/C16H15N3OS2/c1-11-10-21-16(18-11)19-15-14(7-4-8-17-15)22-13-6-3-5-12(9-13)20-2/h3-10H,1-2H3,(H,17,18,19). The Morgan fingerprint density at radius 3 is 2.91 bits per heavy atom. The summed E-state index contributed by atoms with van der Waals surface area (Å²) in [5, 5.41) is 6.15. The summed E-state index contributed by atoms with van der Waals surface area (Å²) in [5.74, 6) is 1.66. The average Bonchev–Trinajstić information content (AvgIpc) is 2.94. The highest BCUT2D eigenvalue weighted by atomic mass is 32.2. The van der Waals surface area contributed by atoms with Crippen LogP contribution in [0.2, 0.25) is 0 Å². The van der Waals surface area contributed by atoms with Crippen molar-refractivity contribution >= 4 is 34.0 Å². The molecule has 6 heteroatoms. The maximum atomic E-state index is 5.27. The molecular weight excluding hydrogens is 314 g/mol. The van der Waals surface area contributed by atoms with Gasteiger partial charge < -0.3 is 10.1 Å². The lowest BCUT2D eigenvalue weighted by Gasteiger charge is -2.09. The predicted molar refractivity (Wildman–Crippen MR) is 91.5 cm³/mol. The zero-order valence-corrected chi connectivity index (χ0v) is 13.9. The predicted octanol–water partition coefficient (Wildman–Crippen LogP) is 4.75. The summed E-state index contributed by atoms with van der Waals surface area (Å²) in [4.78, 5) is 11.0. The highest BCUT2D eigenvalue weighted by Crippen LogP contribution is 2.35. The number of nitrogens with zero attached hydrogens (tertiary/aromatic N) is 2. The van der Waals surface area contributed by atoms with Gasteiger partial charge in [0, 0.05) is 16.5 Å². The fourth-order valence-corrected chi connectivity index (χ4v) is 3.48. The quantitative estimate of drug-likeness (QED) is 0.732. The van der Waals surface area contributed by atoms with Gasteiger partial charge in [-0.3, -0.25) is 0 Å². The first kappa shape index (κ1) is 14.9. The van der Waals surface area contributed by atoms with Crippen LogP contribution in [0.3, 0.4) is 0 Å². The lowest BCUT2D eigenvalue weighted by Crippen LogP contribution is -1.95. The Morgan fingerprint density at radius 2 is 2.14 bits per heavy atom. The second-order valence-corrected chi connectivity index (χ2v) is 6.52. The van der Waals surface area contributed by atoms with Crippen LogP contribution in [0.25, 0.3) is 0 Å². The van der Waals surface area contributed by atoms with E-state index in [9.17, 15) is 0 Å². The molecule has 0 spiro atoms. The fraction of sp³-hybridized carbons (Fsp3) is 0.125. The van der Waals surface area contributed by atoms with Crippen molar-refractivity contribution in [1.29, 1.82) is 0 Å². The molecule has 0 fully saturated rings. The molecule has 0 aliphatic rings. The second-order valence-electron chi connectivity index (χ2n) is 4.55. The maximum Gasteiger partial charge on any atom is 0.188 e. The van der Waals surface area contributed by atoms with Crippen LogP contribution >= 0.6 is 23.1 Å². The summed E-state index contributed by atoms with van der Waals surface area (Å²) in [6.45, 7) is 1.98. The largest absolute Gasteiger partial charge is 0.497 e. The summed E-state index contributed by atoms with van der Waals surface area (Å²) in [7, 11) is 1.67. The Morgan fingerprint density at radius 1 is 1.23 bits per heavy atom. The molecule has 0 unspecified atom stereocenters. The van der Waals surface area contributed by atoms with Crippen LogP contribution in [0, 0.1) is 6.92 Å². The fourth-order valence-electron chi connectivity index (χ4n) is 1.87. The molecule has 0 aliphatic heterocycles. The van der Waals surface area contributed by atoms with Gasteiger partial charge in [0.25, 0.3) is 0 Å². The number of anilines is 2. The third-order valence-corrected chi connectivity index (χ3v) is 4.80. The molecule has 1 N–H and O–H groups in total. The number of benzene rings is 1. The Labute approximate surface area is 137 Å². The van der Waals surface area contributed by atoms with E-state index in [1.54, 1.807) is 36.4 Å². The van der Waals surface area contributed by atoms with Crippen molar-refractivity contribution in [2.45, 2.75) is 16.7 Å². The van der Waals surface area contributed by atoms with E-state index in [4.69, 9.17) is 4.74 Å². The van der Waals surface area contributed by atoms with Gasteiger partial charge in [0.2, 0.25) is 0 Å². The molecule has 0 amide bonds. The number of aromatic nitrogens is 2. The molecule has 22 heavy (non-hydrogen) atoms. The molecule has 0 saturated carbocycles. The first-order valence-corrected chi connectivity index (χ1v) is 8.40. The molecule has 4 nitrogen and oxygen atoms in total. The van der Waals surface area contributed by atoms with Crippen molar-refractivity contribution in [1.82, 2.24) is 9.97 Å². The van der Waals surface area contributed by atoms with Crippen molar-refractivity contribution in [2.24, 2.45) is 0 Å². The molecule has 1 aromatic carbocycles. The summed E-state index contributed by atoms with van der Waals surface area (Å²) in [6, 6.07) is 12.0. The number of thiazole rings is 1. The molecule has 3 rings (SSSR count). The number of hydrogen-bond donors (Lipinski definition) is 1. The second kappa shape index (κ2) is 6.81. The minimum absolute atomic E-state index is 0.810. The van der Waals surface area contributed by atoms with E-state index in [2.05, 4.69) is 21.4 Å². The summed E-state index contributed by atoms with van der Waals surface area (Å²) < 4.78 is 5.27. The van der Waals surface area contributed by atoms with E-state index in [-0.39, 0.29) is 0 Å². The van der Waals surface area contributed by atoms with Crippen LogP contribution in [-0.4, -0.2) is 17.1 Å². The molecule has 0 atom stereocenters. The van der Waals surface area contributed by atoms with Crippen LogP contribution in [-0.2, 0) is 0 Å². The molecule has 112 valence electrons. The van der Waals surface area contributed by atoms with E-state index in [0.717, 1.165) is 32.2 Å². The molecule has 0 radical (unpaired) electrons. The topological polar surface area (TPSA) is 47.0 Å². The lowest BCUT2D eigenvalue weighted by atomic mass is 10.3. The Balaban J connectivity index is 1.84. The van der Waals surface area contributed by atoms with Gasteiger partial charge in [0.15, 0.2) is 5.13 Å². The van der Waals surface area contributed by atoms with Gasteiger partial charge in [-0.15, -0.1) is 11.3 Å². The molecule has 0 aliphatic carbocycles. The van der Waals surface area contributed by atoms with Crippen LogP contribution < -0.4 is 10.1 Å². The van der Waals surface area contributed by atoms with E-state index in [1.807, 2.05) is 42.6 Å². The van der Waals surface area contributed by atoms with Crippen molar-refractivity contribution in [3.8, 4) is 5.75 Å². The molecule has 2 aromatic heterocycles. The Bertz CT molecular complexity index is 773. The summed E-state index contributed by atoms with van der Waals surface area (Å²) in [5.41, 5.74) is 1.01. The smallest absolute Gasteiger partial charge is 0.188 e. The molecule has 0 saturated heterocycles. The molecule has 3 aromatic rings. The summed E-state index contributed by atoms with van der Waals surface area (Å²) in [6.07, 6.45) is 1.78. The van der Waals surface area contributed by atoms with Crippen LogP contribution in [0.1, 0.15) is 5.69 Å². The van der Waals surface area contributed by atoms with Gasteiger partial charge in [-0.1, -0.05) is 17.8 Å². The normalized spacial score (nSPS) is 10.5. The first-order chi connectivity index (χ1) is 10.7. The minimum Gasteiger partial charge on any atom is -0.497 e. The van der Waals surface area contributed by atoms with Gasteiger partial charge in [-0.25, -0.2) is 9.97 Å².